The van der Waals surface area contributed by atoms with E-state index < -0.39 is 20.5 Å². The standard InChI is InChI=1S/C7H14N2O6P/c10-2-1-9-6(3-8-4-7(9)11)5-15-16(12,13)14/h6,8H,1-5H2,(H2,12,13,14). The van der Waals surface area contributed by atoms with Gasteiger partial charge in [0.1, 0.15) is 0 Å². The first-order valence-electron chi connectivity index (χ1n) is 4.72. The minimum absolute atomic E-state index is 0.0235. The van der Waals surface area contributed by atoms with E-state index in [-0.39, 0.29) is 25.6 Å². The van der Waals surface area contributed by atoms with Crippen LogP contribution in [0, 0.1) is 0 Å². The van der Waals surface area contributed by atoms with Crippen LogP contribution in [0.4, 0.5) is 0 Å². The van der Waals surface area contributed by atoms with Crippen LogP contribution in [0.3, 0.4) is 0 Å². The lowest BCUT2D eigenvalue weighted by atomic mass is 10.2. The Morgan fingerprint density at radius 1 is 1.56 bits per heavy atom. The normalized spacial score (nSPS) is 22.6. The van der Waals surface area contributed by atoms with Crippen molar-refractivity contribution in [2.75, 3.05) is 32.8 Å². The second-order valence-electron chi connectivity index (χ2n) is 3.36. The van der Waals surface area contributed by atoms with Gasteiger partial charge in [0.2, 0.25) is 5.91 Å². The van der Waals surface area contributed by atoms with Gasteiger partial charge in [-0.15, -0.1) is 0 Å². The number of phosphoric ester groups is 1. The van der Waals surface area contributed by atoms with Gasteiger partial charge in [-0.1, -0.05) is 0 Å². The molecule has 1 fully saturated rings. The Morgan fingerprint density at radius 2 is 2.25 bits per heavy atom. The summed E-state index contributed by atoms with van der Waals surface area (Å²) < 4.78 is 14.8. The van der Waals surface area contributed by atoms with E-state index in [4.69, 9.17) is 9.79 Å². The number of carbonyl (C=O) groups is 1. The van der Waals surface area contributed by atoms with Crippen LogP contribution in [0.2, 0.25) is 0 Å². The molecular formula is C7H14N2O6P. The van der Waals surface area contributed by atoms with E-state index in [9.17, 15) is 14.5 Å². The van der Waals surface area contributed by atoms with Gasteiger partial charge in [0, 0.05) is 13.1 Å². The number of hydrogen-bond donors (Lipinski definition) is 3. The summed E-state index contributed by atoms with van der Waals surface area (Å²) in [6.07, 6.45) is 0. The zero-order valence-corrected chi connectivity index (χ0v) is 9.43. The molecule has 16 heavy (non-hydrogen) atoms. The molecular weight excluding hydrogens is 239 g/mol. The van der Waals surface area contributed by atoms with Gasteiger partial charge >= 0.3 is 7.82 Å². The molecule has 8 nitrogen and oxygen atoms in total. The van der Waals surface area contributed by atoms with E-state index in [0.29, 0.717) is 6.54 Å². The van der Waals surface area contributed by atoms with Gasteiger partial charge in [-0.25, -0.2) is 9.67 Å². The van der Waals surface area contributed by atoms with Gasteiger partial charge in [0.25, 0.3) is 0 Å². The summed E-state index contributed by atoms with van der Waals surface area (Å²) in [5, 5.41) is 13.3. The van der Waals surface area contributed by atoms with Crippen LogP contribution in [0.5, 0.6) is 0 Å². The molecule has 1 saturated heterocycles. The topological polar surface area (TPSA) is 119 Å². The van der Waals surface area contributed by atoms with Gasteiger partial charge in [-0.3, -0.25) is 9.32 Å². The Balaban J connectivity index is 2.54. The van der Waals surface area contributed by atoms with Crippen molar-refractivity contribution >= 4 is 13.7 Å². The number of nitrogens with zero attached hydrogens (tertiary/aromatic N) is 1. The van der Waals surface area contributed by atoms with Crippen LogP contribution in [0.15, 0.2) is 0 Å². The Hall–Kier alpha value is -0.500. The van der Waals surface area contributed by atoms with E-state index >= 15 is 0 Å². The van der Waals surface area contributed by atoms with Gasteiger partial charge in [0.05, 0.1) is 25.8 Å². The molecule has 0 aromatic rings. The maximum atomic E-state index is 11.4. The van der Waals surface area contributed by atoms with Gasteiger partial charge < -0.3 is 20.0 Å². The highest BCUT2D eigenvalue weighted by atomic mass is 31.2. The third kappa shape index (κ3) is 4.17. The highest BCUT2D eigenvalue weighted by molar-refractivity contribution is 7.46. The zero-order valence-electron chi connectivity index (χ0n) is 8.53. The van der Waals surface area contributed by atoms with Crippen molar-refractivity contribution < 1.29 is 28.8 Å². The molecule has 1 rings (SSSR count). The number of rotatable bonds is 5. The zero-order chi connectivity index (χ0) is 12.2. The number of piperazine rings is 1. The molecule has 1 amide bonds. The molecule has 1 atom stereocenters. The molecule has 1 aliphatic rings. The maximum absolute atomic E-state index is 11.4. The summed E-state index contributed by atoms with van der Waals surface area (Å²) in [4.78, 5) is 29.8. The van der Waals surface area contributed by atoms with Crippen molar-refractivity contribution in [1.29, 1.82) is 0 Å². The monoisotopic (exact) mass is 253 g/mol. The van der Waals surface area contributed by atoms with E-state index in [0.717, 1.165) is 0 Å². The number of amides is 1. The minimum atomic E-state index is -4.54. The number of nitrogens with one attached hydrogen (secondary N) is 1. The third-order valence-electron chi connectivity index (χ3n) is 2.18. The first-order chi connectivity index (χ1) is 7.44. The average Bonchev–Trinajstić information content (AvgIpc) is 2.18. The Morgan fingerprint density at radius 3 is 2.81 bits per heavy atom. The molecule has 9 heteroatoms. The van der Waals surface area contributed by atoms with E-state index in [1.807, 2.05) is 0 Å². The SMILES string of the molecule is [O]CCN1C(=O)CNCC1COP(=O)(O)O. The molecule has 0 aliphatic carbocycles. The molecule has 0 aromatic carbocycles. The fraction of sp³-hybridized carbons (Fsp3) is 0.857. The second kappa shape index (κ2) is 5.72. The van der Waals surface area contributed by atoms with Crippen molar-refractivity contribution in [1.82, 2.24) is 10.2 Å². The first kappa shape index (κ1) is 13.6. The first-order valence-corrected chi connectivity index (χ1v) is 6.25. The molecule has 0 saturated carbocycles. The molecule has 1 heterocycles. The van der Waals surface area contributed by atoms with Crippen LogP contribution in [-0.2, 0) is 19.0 Å². The van der Waals surface area contributed by atoms with E-state index in [1.54, 1.807) is 0 Å². The van der Waals surface area contributed by atoms with Gasteiger partial charge in [-0.2, -0.15) is 0 Å². The van der Waals surface area contributed by atoms with Crippen molar-refractivity contribution in [3.8, 4) is 0 Å². The Labute approximate surface area is 92.4 Å². The Kier molecular flexibility index (Phi) is 4.85. The van der Waals surface area contributed by atoms with E-state index in [1.165, 1.54) is 4.90 Å². The third-order valence-corrected chi connectivity index (χ3v) is 2.67. The predicted molar refractivity (Wildman–Crippen MR) is 51.9 cm³/mol. The number of carbonyl (C=O) groups excluding carboxylic acids is 1. The summed E-state index contributed by atoms with van der Waals surface area (Å²) in [5.74, 6) is -0.263. The molecule has 93 valence electrons. The Bertz CT molecular complexity index is 293. The van der Waals surface area contributed by atoms with Gasteiger partial charge in [0.15, 0.2) is 0 Å². The van der Waals surface area contributed by atoms with E-state index in [2.05, 4.69) is 9.84 Å². The van der Waals surface area contributed by atoms with Crippen molar-refractivity contribution in [2.45, 2.75) is 6.04 Å². The van der Waals surface area contributed by atoms with Crippen LogP contribution in [0.25, 0.3) is 0 Å². The molecule has 1 radical (unpaired) electrons. The fourth-order valence-electron chi connectivity index (χ4n) is 1.50. The number of phosphoric acid groups is 1. The second-order valence-corrected chi connectivity index (χ2v) is 4.60. The summed E-state index contributed by atoms with van der Waals surface area (Å²) in [6, 6.07) is -0.511. The summed E-state index contributed by atoms with van der Waals surface area (Å²) in [5.41, 5.74) is 0. The molecule has 1 unspecified atom stereocenters. The van der Waals surface area contributed by atoms with Crippen LogP contribution >= 0.6 is 7.82 Å². The van der Waals surface area contributed by atoms with Crippen LogP contribution in [-0.4, -0.2) is 59.5 Å². The molecule has 0 aromatic heterocycles. The molecule has 0 spiro atoms. The maximum Gasteiger partial charge on any atom is 0.469 e. The smallest absolute Gasteiger partial charge is 0.333 e. The highest BCUT2D eigenvalue weighted by Crippen LogP contribution is 2.36. The average molecular weight is 253 g/mol. The number of hydrogen-bond acceptors (Lipinski definition) is 4. The van der Waals surface area contributed by atoms with Gasteiger partial charge in [-0.05, 0) is 0 Å². The van der Waals surface area contributed by atoms with Crippen molar-refractivity contribution in [3.05, 3.63) is 0 Å². The summed E-state index contributed by atoms with van der Waals surface area (Å²) >= 11 is 0. The van der Waals surface area contributed by atoms with Crippen LogP contribution < -0.4 is 5.32 Å². The lowest BCUT2D eigenvalue weighted by Crippen LogP contribution is -2.57. The van der Waals surface area contributed by atoms with Crippen molar-refractivity contribution in [2.24, 2.45) is 0 Å². The molecule has 0 bridgehead atoms. The quantitative estimate of drug-likeness (QED) is 0.504. The highest BCUT2D eigenvalue weighted by Gasteiger charge is 2.29. The van der Waals surface area contributed by atoms with Crippen LogP contribution in [0.1, 0.15) is 0 Å². The largest absolute Gasteiger partial charge is 0.469 e. The van der Waals surface area contributed by atoms with Crippen molar-refractivity contribution in [3.63, 3.8) is 0 Å². The molecule has 3 N–H and O–H groups in total. The predicted octanol–water partition coefficient (Wildman–Crippen LogP) is -1.67. The summed E-state index contributed by atoms with van der Waals surface area (Å²) in [6.45, 7) is -0.227. The lowest BCUT2D eigenvalue weighted by Gasteiger charge is -2.35. The minimum Gasteiger partial charge on any atom is -0.333 e. The summed E-state index contributed by atoms with van der Waals surface area (Å²) in [7, 11) is -4.54. The fourth-order valence-corrected chi connectivity index (χ4v) is 1.87. The molecule has 1 aliphatic heterocycles. The lowest BCUT2D eigenvalue weighted by molar-refractivity contribution is -0.136.